The van der Waals surface area contributed by atoms with E-state index in [1.807, 2.05) is 13.8 Å². The van der Waals surface area contributed by atoms with Gasteiger partial charge < -0.3 is 9.72 Å². The molecule has 2 rings (SSSR count). The zero-order chi connectivity index (χ0) is 10.9. The van der Waals surface area contributed by atoms with Crippen molar-refractivity contribution >= 4 is 0 Å². The van der Waals surface area contributed by atoms with Crippen LogP contribution in [0.2, 0.25) is 0 Å². The van der Waals surface area contributed by atoms with Crippen molar-refractivity contribution in [1.29, 1.82) is 0 Å². The summed E-state index contributed by atoms with van der Waals surface area (Å²) in [5, 5.41) is 0. The van der Waals surface area contributed by atoms with Gasteiger partial charge in [0, 0.05) is 18.4 Å². The maximum absolute atomic E-state index is 11.4. The van der Waals surface area contributed by atoms with Gasteiger partial charge in [-0.2, -0.15) is 0 Å². The summed E-state index contributed by atoms with van der Waals surface area (Å²) in [6.45, 7) is 4.72. The predicted octanol–water partition coefficient (Wildman–Crippen LogP) is 1.36. The highest BCUT2D eigenvalue weighted by Gasteiger charge is 2.34. The Kier molecular flexibility index (Phi) is 2.61. The standard InChI is InChI=1S/C11H16N2O2/c1-3-8-7-9(14)13-10(12-8)11(2)5-4-6-15-11/h7H,3-6H2,1-2H3,(H,12,13,14). The smallest absolute Gasteiger partial charge is 0.251 e. The quantitative estimate of drug-likeness (QED) is 0.798. The number of aromatic amines is 1. The van der Waals surface area contributed by atoms with E-state index in [1.165, 1.54) is 0 Å². The van der Waals surface area contributed by atoms with Gasteiger partial charge in [0.2, 0.25) is 0 Å². The second-order valence-electron chi connectivity index (χ2n) is 4.12. The molecular formula is C11H16N2O2. The van der Waals surface area contributed by atoms with E-state index in [0.29, 0.717) is 5.82 Å². The Hall–Kier alpha value is -1.16. The highest BCUT2D eigenvalue weighted by Crippen LogP contribution is 2.32. The molecule has 82 valence electrons. The molecule has 0 amide bonds. The van der Waals surface area contributed by atoms with E-state index < -0.39 is 5.60 Å². The van der Waals surface area contributed by atoms with Gasteiger partial charge in [0.25, 0.3) is 5.56 Å². The van der Waals surface area contributed by atoms with Gasteiger partial charge in [-0.15, -0.1) is 0 Å². The van der Waals surface area contributed by atoms with Gasteiger partial charge in [-0.1, -0.05) is 6.92 Å². The van der Waals surface area contributed by atoms with Crippen LogP contribution >= 0.6 is 0 Å². The first-order valence-electron chi connectivity index (χ1n) is 5.39. The van der Waals surface area contributed by atoms with Crippen LogP contribution in [-0.4, -0.2) is 16.6 Å². The van der Waals surface area contributed by atoms with Crippen molar-refractivity contribution in [3.63, 3.8) is 0 Å². The van der Waals surface area contributed by atoms with Gasteiger partial charge in [-0.25, -0.2) is 4.98 Å². The first kappa shape index (κ1) is 10.4. The first-order valence-corrected chi connectivity index (χ1v) is 5.39. The highest BCUT2D eigenvalue weighted by atomic mass is 16.5. The van der Waals surface area contributed by atoms with Crippen molar-refractivity contribution in [2.45, 2.75) is 38.7 Å². The minimum atomic E-state index is -0.398. The summed E-state index contributed by atoms with van der Waals surface area (Å²) in [7, 11) is 0. The zero-order valence-corrected chi connectivity index (χ0v) is 9.17. The molecule has 1 aromatic rings. The van der Waals surface area contributed by atoms with Crippen molar-refractivity contribution in [3.05, 3.63) is 27.9 Å². The lowest BCUT2D eigenvalue weighted by molar-refractivity contribution is 0.00896. The molecule has 15 heavy (non-hydrogen) atoms. The molecule has 2 heterocycles. The van der Waals surface area contributed by atoms with Crippen LogP contribution in [-0.2, 0) is 16.8 Å². The van der Waals surface area contributed by atoms with Crippen molar-refractivity contribution in [2.24, 2.45) is 0 Å². The molecule has 1 aliphatic heterocycles. The van der Waals surface area contributed by atoms with Crippen LogP contribution in [0, 0.1) is 0 Å². The van der Waals surface area contributed by atoms with Gasteiger partial charge in [-0.05, 0) is 26.2 Å². The van der Waals surface area contributed by atoms with E-state index >= 15 is 0 Å². The largest absolute Gasteiger partial charge is 0.367 e. The lowest BCUT2D eigenvalue weighted by atomic mass is 10.0. The monoisotopic (exact) mass is 208 g/mol. The Balaban J connectivity index is 2.43. The molecule has 4 heteroatoms. The molecule has 0 saturated carbocycles. The minimum absolute atomic E-state index is 0.0893. The van der Waals surface area contributed by atoms with E-state index in [-0.39, 0.29) is 5.56 Å². The Morgan fingerprint density at radius 2 is 2.47 bits per heavy atom. The molecule has 4 nitrogen and oxygen atoms in total. The number of aryl methyl sites for hydroxylation is 1. The van der Waals surface area contributed by atoms with Gasteiger partial charge in [-0.3, -0.25) is 4.79 Å². The maximum Gasteiger partial charge on any atom is 0.251 e. The highest BCUT2D eigenvalue weighted by molar-refractivity contribution is 5.09. The Morgan fingerprint density at radius 3 is 3.07 bits per heavy atom. The second-order valence-corrected chi connectivity index (χ2v) is 4.12. The third-order valence-corrected chi connectivity index (χ3v) is 2.88. The average molecular weight is 208 g/mol. The molecule has 1 saturated heterocycles. The van der Waals surface area contributed by atoms with Gasteiger partial charge in [0.1, 0.15) is 11.4 Å². The molecule has 1 aromatic heterocycles. The van der Waals surface area contributed by atoms with Crippen LogP contribution in [0.4, 0.5) is 0 Å². The summed E-state index contributed by atoms with van der Waals surface area (Å²) in [6, 6.07) is 1.54. The fraction of sp³-hybridized carbons (Fsp3) is 0.636. The number of hydrogen-bond donors (Lipinski definition) is 1. The third kappa shape index (κ3) is 1.95. The molecule has 0 radical (unpaired) electrons. The summed E-state index contributed by atoms with van der Waals surface area (Å²) in [5.41, 5.74) is 0.337. The fourth-order valence-corrected chi connectivity index (χ4v) is 1.91. The Labute approximate surface area is 88.7 Å². The topological polar surface area (TPSA) is 55.0 Å². The third-order valence-electron chi connectivity index (χ3n) is 2.88. The lowest BCUT2D eigenvalue weighted by Gasteiger charge is -2.21. The van der Waals surface area contributed by atoms with Crippen LogP contribution in [0.25, 0.3) is 0 Å². The second kappa shape index (κ2) is 3.77. The lowest BCUT2D eigenvalue weighted by Crippen LogP contribution is -2.27. The Morgan fingerprint density at radius 1 is 1.67 bits per heavy atom. The molecule has 1 N–H and O–H groups in total. The van der Waals surface area contributed by atoms with Crippen LogP contribution in [0.1, 0.15) is 38.2 Å². The first-order chi connectivity index (χ1) is 7.14. The van der Waals surface area contributed by atoms with E-state index in [4.69, 9.17) is 4.74 Å². The van der Waals surface area contributed by atoms with Crippen LogP contribution in [0.3, 0.4) is 0 Å². The molecule has 1 unspecified atom stereocenters. The molecule has 1 fully saturated rings. The fourth-order valence-electron chi connectivity index (χ4n) is 1.91. The predicted molar refractivity (Wildman–Crippen MR) is 56.8 cm³/mol. The number of hydrogen-bond acceptors (Lipinski definition) is 3. The van der Waals surface area contributed by atoms with Crippen molar-refractivity contribution in [2.75, 3.05) is 6.61 Å². The van der Waals surface area contributed by atoms with Crippen LogP contribution in [0.15, 0.2) is 10.9 Å². The number of ether oxygens (including phenoxy) is 1. The van der Waals surface area contributed by atoms with Gasteiger partial charge in [0.05, 0.1) is 0 Å². The molecule has 0 aromatic carbocycles. The summed E-state index contributed by atoms with van der Waals surface area (Å²) >= 11 is 0. The number of nitrogens with one attached hydrogen (secondary N) is 1. The number of nitrogens with zero attached hydrogens (tertiary/aromatic N) is 1. The Bertz CT molecular complexity index is 405. The summed E-state index contributed by atoms with van der Waals surface area (Å²) in [5.74, 6) is 0.671. The van der Waals surface area contributed by atoms with E-state index in [2.05, 4.69) is 9.97 Å². The summed E-state index contributed by atoms with van der Waals surface area (Å²) in [6.07, 6.45) is 2.71. The zero-order valence-electron chi connectivity index (χ0n) is 9.17. The van der Waals surface area contributed by atoms with Crippen LogP contribution in [0.5, 0.6) is 0 Å². The van der Waals surface area contributed by atoms with Crippen molar-refractivity contribution in [1.82, 2.24) is 9.97 Å². The SMILES string of the molecule is CCc1cc(=O)[nH]c(C2(C)CCCO2)n1. The van der Waals surface area contributed by atoms with Gasteiger partial charge >= 0.3 is 0 Å². The molecular weight excluding hydrogens is 192 g/mol. The maximum atomic E-state index is 11.4. The molecule has 0 spiro atoms. The number of rotatable bonds is 2. The normalized spacial score (nSPS) is 25.7. The number of aromatic nitrogens is 2. The van der Waals surface area contributed by atoms with Crippen molar-refractivity contribution < 1.29 is 4.74 Å². The molecule has 0 aliphatic carbocycles. The average Bonchev–Trinajstić information content (AvgIpc) is 2.65. The van der Waals surface area contributed by atoms with E-state index in [9.17, 15) is 4.79 Å². The van der Waals surface area contributed by atoms with E-state index in [0.717, 1.165) is 31.6 Å². The minimum Gasteiger partial charge on any atom is -0.367 e. The van der Waals surface area contributed by atoms with Crippen molar-refractivity contribution in [3.8, 4) is 0 Å². The molecule has 1 atom stereocenters. The van der Waals surface area contributed by atoms with Crippen LogP contribution < -0.4 is 5.56 Å². The summed E-state index contributed by atoms with van der Waals surface area (Å²) < 4.78 is 5.65. The molecule has 1 aliphatic rings. The number of H-pyrrole nitrogens is 1. The van der Waals surface area contributed by atoms with Gasteiger partial charge in [0.15, 0.2) is 0 Å². The summed E-state index contributed by atoms with van der Waals surface area (Å²) in [4.78, 5) is 18.6. The molecule has 0 bridgehead atoms. The van der Waals surface area contributed by atoms with E-state index in [1.54, 1.807) is 6.07 Å².